The maximum absolute atomic E-state index is 12.1. The van der Waals surface area contributed by atoms with Gasteiger partial charge in [0.15, 0.2) is 0 Å². The zero-order valence-electron chi connectivity index (χ0n) is 26.5. The molecule has 0 saturated carbocycles. The predicted molar refractivity (Wildman–Crippen MR) is 169 cm³/mol. The van der Waals surface area contributed by atoms with Crippen molar-refractivity contribution in [2.24, 2.45) is 5.73 Å². The van der Waals surface area contributed by atoms with Crippen LogP contribution < -0.4 is 5.73 Å². The molecule has 2 unspecified atom stereocenters. The van der Waals surface area contributed by atoms with Gasteiger partial charge in [-0.05, 0) is 38.5 Å². The number of phosphoric ester groups is 1. The summed E-state index contributed by atoms with van der Waals surface area (Å²) < 4.78 is 32.8. The molecule has 0 radical (unpaired) electrons. The lowest BCUT2D eigenvalue weighted by molar-refractivity contribution is -0.154. The van der Waals surface area contributed by atoms with Gasteiger partial charge in [-0.3, -0.25) is 13.8 Å². The van der Waals surface area contributed by atoms with E-state index in [1.54, 1.807) is 0 Å². The summed E-state index contributed by atoms with van der Waals surface area (Å²) in [4.78, 5) is 21.8. The van der Waals surface area contributed by atoms with Crippen molar-refractivity contribution < 1.29 is 32.8 Å². The van der Waals surface area contributed by atoms with Gasteiger partial charge in [0.25, 0.3) is 0 Å². The standard InChI is InChI=1S/C32H64NO7P/c1-3-5-7-8-9-10-11-12-13-14-15-16-17-18-19-20-21-22-24-27-37-29-31(40-32(34)25-23-6-4-2)30-39-41(35,36)38-28-26-33/h13-14,31H,3-12,15-30,33H2,1-2H3,(H,35,36)/b14-13-. The van der Waals surface area contributed by atoms with Gasteiger partial charge in [-0.25, -0.2) is 4.57 Å². The molecule has 0 heterocycles. The van der Waals surface area contributed by atoms with Gasteiger partial charge in [-0.15, -0.1) is 0 Å². The molecule has 0 bridgehead atoms. The van der Waals surface area contributed by atoms with E-state index in [2.05, 4.69) is 26.0 Å². The molecule has 0 rings (SSSR count). The van der Waals surface area contributed by atoms with Crippen molar-refractivity contribution >= 4 is 13.8 Å². The predicted octanol–water partition coefficient (Wildman–Crippen LogP) is 8.80. The Balaban J connectivity index is 3.81. The van der Waals surface area contributed by atoms with Crippen LogP contribution in [0, 0.1) is 0 Å². The largest absolute Gasteiger partial charge is 0.472 e. The Kier molecular flexibility index (Phi) is 30.1. The zero-order chi connectivity index (χ0) is 30.3. The van der Waals surface area contributed by atoms with Crippen LogP contribution in [0.4, 0.5) is 0 Å². The van der Waals surface area contributed by atoms with Crippen molar-refractivity contribution in [3.63, 3.8) is 0 Å². The van der Waals surface area contributed by atoms with Gasteiger partial charge in [0.1, 0.15) is 6.10 Å². The molecule has 0 aromatic heterocycles. The number of carbonyl (C=O) groups excluding carboxylic acids is 1. The average Bonchev–Trinajstić information content (AvgIpc) is 2.95. The molecule has 9 heteroatoms. The Morgan fingerprint density at radius 1 is 0.707 bits per heavy atom. The highest BCUT2D eigenvalue weighted by Crippen LogP contribution is 2.43. The number of nitrogens with two attached hydrogens (primary N) is 1. The first-order valence-corrected chi connectivity index (χ1v) is 18.2. The van der Waals surface area contributed by atoms with E-state index in [1.807, 2.05) is 0 Å². The summed E-state index contributed by atoms with van der Waals surface area (Å²) in [6, 6.07) is 0. The number of carbonyl (C=O) groups is 1. The van der Waals surface area contributed by atoms with Gasteiger partial charge in [-0.2, -0.15) is 0 Å². The third-order valence-electron chi connectivity index (χ3n) is 6.93. The number of ether oxygens (including phenoxy) is 2. The lowest BCUT2D eigenvalue weighted by atomic mass is 10.1. The molecule has 0 aliphatic heterocycles. The van der Waals surface area contributed by atoms with Gasteiger partial charge in [-0.1, -0.05) is 116 Å². The van der Waals surface area contributed by atoms with Gasteiger partial charge in [0.05, 0.1) is 19.8 Å². The molecule has 0 fully saturated rings. The summed E-state index contributed by atoms with van der Waals surface area (Å²) in [6.45, 7) is 4.73. The molecule has 41 heavy (non-hydrogen) atoms. The Hall–Kier alpha value is -0.760. The first kappa shape index (κ1) is 40.2. The first-order chi connectivity index (χ1) is 19.9. The molecule has 244 valence electrons. The molecule has 8 nitrogen and oxygen atoms in total. The number of hydrogen-bond acceptors (Lipinski definition) is 7. The van der Waals surface area contributed by atoms with Crippen molar-refractivity contribution in [3.05, 3.63) is 12.2 Å². The van der Waals surface area contributed by atoms with E-state index in [4.69, 9.17) is 24.3 Å². The lowest BCUT2D eigenvalue weighted by Gasteiger charge is -2.20. The van der Waals surface area contributed by atoms with Crippen LogP contribution in [-0.4, -0.2) is 49.9 Å². The van der Waals surface area contributed by atoms with Crippen LogP contribution in [0.15, 0.2) is 12.2 Å². The molecule has 0 saturated heterocycles. The highest BCUT2D eigenvalue weighted by atomic mass is 31.2. The highest BCUT2D eigenvalue weighted by molar-refractivity contribution is 7.47. The van der Waals surface area contributed by atoms with E-state index in [9.17, 15) is 14.3 Å². The number of esters is 1. The molecule has 0 amide bonds. The van der Waals surface area contributed by atoms with E-state index in [0.29, 0.717) is 13.0 Å². The number of allylic oxidation sites excluding steroid dienone is 2. The minimum Gasteiger partial charge on any atom is -0.457 e. The third-order valence-corrected chi connectivity index (χ3v) is 7.92. The molecule has 3 N–H and O–H groups in total. The van der Waals surface area contributed by atoms with E-state index in [-0.39, 0.29) is 32.3 Å². The van der Waals surface area contributed by atoms with Gasteiger partial charge < -0.3 is 20.1 Å². The zero-order valence-corrected chi connectivity index (χ0v) is 27.4. The summed E-state index contributed by atoms with van der Waals surface area (Å²) in [5.41, 5.74) is 5.30. The SMILES string of the molecule is CCCCCCCCC/C=C\CCCCCCCCCCOCC(COP(=O)(O)OCCN)OC(=O)CCCCC. The topological polar surface area (TPSA) is 117 Å². The molecule has 2 atom stereocenters. The third kappa shape index (κ3) is 30.5. The highest BCUT2D eigenvalue weighted by Gasteiger charge is 2.25. The Morgan fingerprint density at radius 2 is 1.22 bits per heavy atom. The summed E-state index contributed by atoms with van der Waals surface area (Å²) >= 11 is 0. The first-order valence-electron chi connectivity index (χ1n) is 16.7. The Bertz CT molecular complexity index is 648. The van der Waals surface area contributed by atoms with Crippen molar-refractivity contribution in [3.8, 4) is 0 Å². The smallest absolute Gasteiger partial charge is 0.457 e. The quantitative estimate of drug-likeness (QED) is 0.0338. The summed E-state index contributed by atoms with van der Waals surface area (Å²) in [6.07, 6.45) is 28.7. The molecular formula is C32H64NO7P. The van der Waals surface area contributed by atoms with Crippen LogP contribution in [-0.2, 0) is 27.9 Å². The Morgan fingerprint density at radius 3 is 1.78 bits per heavy atom. The van der Waals surface area contributed by atoms with Crippen molar-refractivity contribution in [2.45, 2.75) is 155 Å². The molecule has 0 aromatic carbocycles. The van der Waals surface area contributed by atoms with Crippen molar-refractivity contribution in [2.75, 3.05) is 33.0 Å². The summed E-state index contributed by atoms with van der Waals surface area (Å²) in [5.74, 6) is -0.356. The summed E-state index contributed by atoms with van der Waals surface area (Å²) in [5, 5.41) is 0. The molecule has 0 spiro atoms. The average molecular weight is 606 g/mol. The maximum atomic E-state index is 12.1. The second kappa shape index (κ2) is 30.7. The van der Waals surface area contributed by atoms with Crippen molar-refractivity contribution in [1.82, 2.24) is 0 Å². The Labute approximate surface area is 252 Å². The van der Waals surface area contributed by atoms with Gasteiger partial charge in [0.2, 0.25) is 0 Å². The van der Waals surface area contributed by atoms with Crippen molar-refractivity contribution in [1.29, 1.82) is 0 Å². The minimum atomic E-state index is -4.24. The number of hydrogen-bond donors (Lipinski definition) is 2. The fourth-order valence-corrected chi connectivity index (χ4v) is 5.23. The van der Waals surface area contributed by atoms with Gasteiger partial charge in [0, 0.05) is 19.6 Å². The van der Waals surface area contributed by atoms with E-state index < -0.39 is 13.9 Å². The van der Waals surface area contributed by atoms with Crippen LogP contribution in [0.2, 0.25) is 0 Å². The minimum absolute atomic E-state index is 0.0947. The van der Waals surface area contributed by atoms with Crippen LogP contribution in [0.3, 0.4) is 0 Å². The second-order valence-corrected chi connectivity index (χ2v) is 12.5. The van der Waals surface area contributed by atoms with E-state index >= 15 is 0 Å². The monoisotopic (exact) mass is 605 g/mol. The molecule has 0 aliphatic rings. The number of rotatable bonds is 32. The lowest BCUT2D eigenvalue weighted by Crippen LogP contribution is -2.28. The van der Waals surface area contributed by atoms with E-state index in [1.165, 1.54) is 96.3 Å². The van der Waals surface area contributed by atoms with Gasteiger partial charge >= 0.3 is 13.8 Å². The van der Waals surface area contributed by atoms with Crippen LogP contribution in [0.1, 0.15) is 149 Å². The fraction of sp³-hybridized carbons (Fsp3) is 0.906. The summed E-state index contributed by atoms with van der Waals surface area (Å²) in [7, 11) is -4.24. The maximum Gasteiger partial charge on any atom is 0.472 e. The number of unbranched alkanes of at least 4 members (excludes halogenated alkanes) is 17. The van der Waals surface area contributed by atoms with Crippen LogP contribution in [0.25, 0.3) is 0 Å². The normalized spacial score (nSPS) is 14.0. The molecule has 0 aromatic rings. The fourth-order valence-electron chi connectivity index (χ4n) is 4.46. The molecular weight excluding hydrogens is 541 g/mol. The second-order valence-electron chi connectivity index (χ2n) is 11.0. The number of phosphoric acid groups is 1. The van der Waals surface area contributed by atoms with Crippen LogP contribution in [0.5, 0.6) is 0 Å². The van der Waals surface area contributed by atoms with Crippen LogP contribution >= 0.6 is 7.82 Å². The van der Waals surface area contributed by atoms with E-state index in [0.717, 1.165) is 32.1 Å². The molecule has 0 aliphatic carbocycles.